The number of aromatic amines is 1. The molecule has 1 unspecified atom stereocenters. The Bertz CT molecular complexity index is 531. The normalized spacial score (nSPS) is 12.4. The van der Waals surface area contributed by atoms with Crippen LogP contribution in [-0.4, -0.2) is 4.98 Å². The molecule has 0 saturated heterocycles. The van der Waals surface area contributed by atoms with Gasteiger partial charge in [-0.1, -0.05) is 48.6 Å². The van der Waals surface area contributed by atoms with E-state index in [0.717, 1.165) is 21.5 Å². The third-order valence-corrected chi connectivity index (χ3v) is 2.89. The lowest BCUT2D eigenvalue weighted by Gasteiger charge is -2.14. The highest BCUT2D eigenvalue weighted by Crippen LogP contribution is 2.20. The smallest absolute Gasteiger partial charge is 0.103 e. The van der Waals surface area contributed by atoms with Gasteiger partial charge in [0.15, 0.2) is 0 Å². The largest absolute Gasteiger partial charge is 0.350 e. The fourth-order valence-corrected chi connectivity index (χ4v) is 1.99. The number of hydrogen-bond donors (Lipinski definition) is 2. The van der Waals surface area contributed by atoms with Gasteiger partial charge in [-0.05, 0) is 24.1 Å². The second kappa shape index (κ2) is 4.60. The Kier molecular flexibility index (Phi) is 3.17. The molecule has 2 rings (SSSR count). The molecule has 0 spiro atoms. The van der Waals surface area contributed by atoms with Gasteiger partial charge >= 0.3 is 0 Å². The van der Waals surface area contributed by atoms with Crippen LogP contribution in [0.15, 0.2) is 42.5 Å². The lowest BCUT2D eigenvalue weighted by Crippen LogP contribution is -2.13. The van der Waals surface area contributed by atoms with E-state index >= 15 is 0 Å². The van der Waals surface area contributed by atoms with E-state index < -0.39 is 0 Å². The summed E-state index contributed by atoms with van der Waals surface area (Å²) < 4.78 is 0.738. The van der Waals surface area contributed by atoms with E-state index in [1.807, 2.05) is 49.4 Å². The number of benzene rings is 1. The topological polar surface area (TPSA) is 41.8 Å². The van der Waals surface area contributed by atoms with Gasteiger partial charge in [0.1, 0.15) is 4.64 Å². The summed E-state index contributed by atoms with van der Waals surface area (Å²) in [6.07, 6.45) is 0. The van der Waals surface area contributed by atoms with Gasteiger partial charge in [0, 0.05) is 5.69 Å². The van der Waals surface area contributed by atoms with Crippen molar-refractivity contribution in [1.82, 2.24) is 4.98 Å². The van der Waals surface area contributed by atoms with Crippen LogP contribution in [0.2, 0.25) is 0 Å². The van der Waals surface area contributed by atoms with E-state index in [-0.39, 0.29) is 6.04 Å². The van der Waals surface area contributed by atoms with E-state index in [1.54, 1.807) is 0 Å². The molecule has 1 aromatic carbocycles. The summed E-state index contributed by atoms with van der Waals surface area (Å²) in [6, 6.07) is 13.8. The Morgan fingerprint density at radius 3 is 2.44 bits per heavy atom. The summed E-state index contributed by atoms with van der Waals surface area (Å²) in [4.78, 5) is 3.12. The molecule has 0 fully saturated rings. The summed E-state index contributed by atoms with van der Waals surface area (Å²) >= 11 is 5.07. The Labute approximate surface area is 100 Å². The van der Waals surface area contributed by atoms with Crippen molar-refractivity contribution in [2.75, 3.05) is 0 Å². The first-order valence-corrected chi connectivity index (χ1v) is 5.59. The number of pyridine rings is 1. The Morgan fingerprint density at radius 1 is 1.12 bits per heavy atom. The lowest BCUT2D eigenvalue weighted by atomic mass is 9.99. The Hall–Kier alpha value is -1.45. The molecule has 3 N–H and O–H groups in total. The van der Waals surface area contributed by atoms with Crippen LogP contribution in [0, 0.1) is 11.6 Å². The molecule has 2 aromatic rings. The Morgan fingerprint density at radius 2 is 1.81 bits per heavy atom. The molecule has 3 heteroatoms. The maximum Gasteiger partial charge on any atom is 0.103 e. The minimum Gasteiger partial charge on any atom is -0.350 e. The van der Waals surface area contributed by atoms with Crippen LogP contribution >= 0.6 is 12.2 Å². The number of nitrogens with two attached hydrogens (primary N) is 1. The van der Waals surface area contributed by atoms with Crippen LogP contribution in [0.1, 0.15) is 22.9 Å². The second-order valence-electron chi connectivity index (χ2n) is 3.79. The van der Waals surface area contributed by atoms with Gasteiger partial charge in [0.25, 0.3) is 0 Å². The predicted molar refractivity (Wildman–Crippen MR) is 68.8 cm³/mol. The number of H-pyrrole nitrogens is 1. The van der Waals surface area contributed by atoms with Gasteiger partial charge < -0.3 is 10.7 Å². The van der Waals surface area contributed by atoms with E-state index in [2.05, 4.69) is 4.98 Å². The third kappa shape index (κ3) is 2.21. The van der Waals surface area contributed by atoms with Crippen molar-refractivity contribution in [3.8, 4) is 0 Å². The first-order chi connectivity index (χ1) is 7.68. The van der Waals surface area contributed by atoms with E-state index in [4.69, 9.17) is 18.0 Å². The number of hydrogen-bond acceptors (Lipinski definition) is 2. The molecule has 0 aliphatic rings. The summed E-state index contributed by atoms with van der Waals surface area (Å²) in [5, 5.41) is 0. The molecule has 0 radical (unpaired) electrons. The van der Waals surface area contributed by atoms with Crippen LogP contribution in [0.3, 0.4) is 0 Å². The average molecular weight is 230 g/mol. The molecule has 1 aromatic heterocycles. The third-order valence-electron chi connectivity index (χ3n) is 2.65. The van der Waals surface area contributed by atoms with E-state index in [9.17, 15) is 0 Å². The van der Waals surface area contributed by atoms with Crippen LogP contribution in [-0.2, 0) is 0 Å². The van der Waals surface area contributed by atoms with Gasteiger partial charge in [-0.15, -0.1) is 0 Å². The first-order valence-electron chi connectivity index (χ1n) is 5.19. The van der Waals surface area contributed by atoms with Crippen LogP contribution in [0.25, 0.3) is 0 Å². The van der Waals surface area contributed by atoms with Crippen molar-refractivity contribution in [3.05, 3.63) is 63.9 Å². The van der Waals surface area contributed by atoms with Crippen molar-refractivity contribution in [1.29, 1.82) is 0 Å². The van der Waals surface area contributed by atoms with Gasteiger partial charge in [-0.3, -0.25) is 0 Å². The van der Waals surface area contributed by atoms with E-state index in [0.29, 0.717) is 0 Å². The van der Waals surface area contributed by atoms with Crippen LogP contribution < -0.4 is 5.73 Å². The summed E-state index contributed by atoms with van der Waals surface area (Å²) in [6.45, 7) is 1.99. The van der Waals surface area contributed by atoms with Crippen molar-refractivity contribution in [3.63, 3.8) is 0 Å². The zero-order valence-corrected chi connectivity index (χ0v) is 9.92. The maximum atomic E-state index is 6.21. The molecule has 16 heavy (non-hydrogen) atoms. The lowest BCUT2D eigenvalue weighted by molar-refractivity contribution is 0.847. The summed E-state index contributed by atoms with van der Waals surface area (Å²) in [5.74, 6) is 0. The van der Waals surface area contributed by atoms with Gasteiger partial charge in [-0.25, -0.2) is 0 Å². The number of nitrogens with one attached hydrogen (secondary N) is 1. The zero-order valence-electron chi connectivity index (χ0n) is 9.10. The zero-order chi connectivity index (χ0) is 11.5. The van der Waals surface area contributed by atoms with Gasteiger partial charge in [-0.2, -0.15) is 0 Å². The average Bonchev–Trinajstić information content (AvgIpc) is 2.29. The minimum atomic E-state index is -0.104. The molecule has 1 heterocycles. The monoisotopic (exact) mass is 230 g/mol. The van der Waals surface area contributed by atoms with E-state index in [1.165, 1.54) is 0 Å². The highest BCUT2D eigenvalue weighted by molar-refractivity contribution is 7.71. The standard InChI is InChI=1S/C13H14N2S/c1-9-11(7-8-12(16)15-9)13(14)10-5-3-2-4-6-10/h2-8,13H,14H2,1H3,(H,15,16). The molecule has 82 valence electrons. The molecule has 0 saturated carbocycles. The highest BCUT2D eigenvalue weighted by atomic mass is 32.1. The molecular weight excluding hydrogens is 216 g/mol. The summed E-state index contributed by atoms with van der Waals surface area (Å²) in [7, 11) is 0. The quantitative estimate of drug-likeness (QED) is 0.778. The van der Waals surface area contributed by atoms with Crippen molar-refractivity contribution in [2.45, 2.75) is 13.0 Å². The molecule has 0 aliphatic carbocycles. The molecular formula is C13H14N2S. The molecule has 0 aliphatic heterocycles. The maximum absolute atomic E-state index is 6.21. The molecule has 1 atom stereocenters. The first kappa shape index (κ1) is 11.0. The van der Waals surface area contributed by atoms with Gasteiger partial charge in [0.2, 0.25) is 0 Å². The fourth-order valence-electron chi connectivity index (χ4n) is 1.77. The van der Waals surface area contributed by atoms with Crippen molar-refractivity contribution < 1.29 is 0 Å². The molecule has 0 amide bonds. The fraction of sp³-hybridized carbons (Fsp3) is 0.154. The number of aromatic nitrogens is 1. The van der Waals surface area contributed by atoms with Crippen LogP contribution in [0.4, 0.5) is 0 Å². The van der Waals surface area contributed by atoms with Crippen molar-refractivity contribution in [2.24, 2.45) is 5.73 Å². The minimum absolute atomic E-state index is 0.104. The SMILES string of the molecule is Cc1[nH]c(=S)ccc1C(N)c1ccccc1. The summed E-state index contributed by atoms with van der Waals surface area (Å²) in [5.41, 5.74) is 9.44. The highest BCUT2D eigenvalue weighted by Gasteiger charge is 2.10. The molecule has 0 bridgehead atoms. The molecule has 2 nitrogen and oxygen atoms in total. The van der Waals surface area contributed by atoms with Crippen molar-refractivity contribution >= 4 is 12.2 Å². The number of rotatable bonds is 2. The Balaban J connectivity index is 2.42. The predicted octanol–water partition coefficient (Wildman–Crippen LogP) is 3.10. The van der Waals surface area contributed by atoms with Gasteiger partial charge in [0.05, 0.1) is 6.04 Å². The second-order valence-corrected chi connectivity index (χ2v) is 4.23. The van der Waals surface area contributed by atoms with Crippen LogP contribution in [0.5, 0.6) is 0 Å². The number of aryl methyl sites for hydroxylation is 1.